The zero-order valence-electron chi connectivity index (χ0n) is 73.0. The average molecular weight is 1690 g/mol. The highest BCUT2D eigenvalue weighted by Gasteiger charge is 2.52. The van der Waals surface area contributed by atoms with Crippen LogP contribution in [0.3, 0.4) is 0 Å². The number of rotatable bonds is 20. The van der Waals surface area contributed by atoms with Crippen LogP contribution in [0.25, 0.3) is 77.4 Å². The van der Waals surface area contributed by atoms with E-state index in [0.717, 1.165) is 156 Å². The minimum Gasteiger partial charge on any atom is -0.508 e. The van der Waals surface area contributed by atoms with Crippen molar-refractivity contribution in [3.63, 3.8) is 0 Å². The summed E-state index contributed by atoms with van der Waals surface area (Å²) in [5, 5.41) is 32.4. The number of halogens is 1. The van der Waals surface area contributed by atoms with E-state index in [1.165, 1.54) is 6.42 Å². The van der Waals surface area contributed by atoms with E-state index in [9.17, 15) is 5.11 Å². The zero-order valence-corrected chi connectivity index (χ0v) is 75.8. The van der Waals surface area contributed by atoms with E-state index >= 15 is 0 Å². The van der Waals surface area contributed by atoms with Gasteiger partial charge in [0.2, 0.25) is 0 Å². The van der Waals surface area contributed by atoms with Crippen LogP contribution in [0.1, 0.15) is 166 Å². The standard InChI is InChI=1S/C25H34N2O2Si.C24H28N2O3.C15H12N2O.C12H18BNO2.C10H24O2Si.C9H6ClNO.2CH4/c1-8-21(29-30(6,7)25(3,4)5)17-28-22-12-14-23-19(15-22)11-13-24(27-23)20-10-9-18(2)26-16-20;1-3-20(29-24-6-4-5-13-27-24)16-28-21-10-12-22-18(14-21)9-11-23(26-22)19-8-7-17(2)25-15-19;1-10-2-3-12(9-16-10)15-6-4-11-8-13(18)5-7-14(11)17-15;1-9-6-7-10(8-14-9)13-15-11(2,3)12(4,5)16-13;1-7-9(8-11)12-13(5,6)10(2,3)4;10-9-4-1-6-5-7(12)2-3-8(6)11-9;;/h9-16,21H,8,17H2,1-7H3;7-12,14-15,20,24H,3-6,13,16H2,1-2H3;2-9,18H,1H3;6-8H,1-5H3;9,11H,7-8H2,1-6H3;1-5,12H;2*1H4/t21-;20-,24?;;;9-;;;/m11..1.../s1. The van der Waals surface area contributed by atoms with E-state index in [2.05, 4.69) is 170 Å². The Morgan fingerprint density at radius 3 is 1.21 bits per heavy atom. The maximum Gasteiger partial charge on any atom is 0.496 e. The Hall–Kier alpha value is -9.17. The van der Waals surface area contributed by atoms with Gasteiger partial charge in [-0.25, -0.2) is 19.9 Å². The van der Waals surface area contributed by atoms with Gasteiger partial charge in [0.05, 0.1) is 75.3 Å². The van der Waals surface area contributed by atoms with Crippen molar-refractivity contribution in [2.24, 2.45) is 0 Å². The van der Waals surface area contributed by atoms with Gasteiger partial charge >= 0.3 is 7.12 Å². The highest BCUT2D eigenvalue weighted by atomic mass is 35.5. The van der Waals surface area contributed by atoms with Crippen LogP contribution in [0, 0.1) is 27.7 Å². The molecule has 0 radical (unpaired) electrons. The van der Waals surface area contributed by atoms with Gasteiger partial charge in [-0.1, -0.05) is 113 Å². The van der Waals surface area contributed by atoms with Crippen molar-refractivity contribution < 1.29 is 52.4 Å². The molecule has 8 aromatic heterocycles. The lowest BCUT2D eigenvalue weighted by Gasteiger charge is -2.39. The van der Waals surface area contributed by atoms with Gasteiger partial charge in [0.25, 0.3) is 0 Å². The van der Waals surface area contributed by atoms with E-state index in [0.29, 0.717) is 18.4 Å². The largest absolute Gasteiger partial charge is 0.508 e. The Morgan fingerprint density at radius 2 is 0.842 bits per heavy atom. The van der Waals surface area contributed by atoms with Crippen molar-refractivity contribution in [1.29, 1.82) is 0 Å². The topological polar surface area (TPSA) is 238 Å². The molecule has 23 heteroatoms. The monoisotopic (exact) mass is 1680 g/mol. The summed E-state index contributed by atoms with van der Waals surface area (Å²) in [5.41, 5.74) is 13.7. The molecule has 2 saturated heterocycles. The van der Waals surface area contributed by atoms with Gasteiger partial charge in [0.1, 0.15) is 41.4 Å². The number of aliphatic hydroxyl groups excluding tert-OH is 1. The number of hydrogen-bond donors (Lipinski definition) is 3. The second kappa shape index (κ2) is 44.1. The quantitative estimate of drug-likeness (QED) is 0.0475. The maximum atomic E-state index is 9.41. The molecule has 0 saturated carbocycles. The lowest BCUT2D eigenvalue weighted by atomic mass is 9.80. The molecule has 0 spiro atoms. The van der Waals surface area contributed by atoms with Crippen molar-refractivity contribution in [1.82, 2.24) is 39.9 Å². The van der Waals surface area contributed by atoms with Crippen LogP contribution >= 0.6 is 11.6 Å². The van der Waals surface area contributed by atoms with Gasteiger partial charge in [-0.05, 0) is 276 Å². The molecule has 0 bridgehead atoms. The van der Waals surface area contributed by atoms with Crippen molar-refractivity contribution in [3.05, 3.63) is 223 Å². The van der Waals surface area contributed by atoms with Crippen molar-refractivity contribution in [2.75, 3.05) is 26.4 Å². The Balaban J connectivity index is 0.000000205. The number of aromatic hydroxyl groups is 2. The van der Waals surface area contributed by atoms with Crippen LogP contribution in [0.4, 0.5) is 0 Å². The minimum absolute atomic E-state index is 0. The molecule has 2 fully saturated rings. The van der Waals surface area contributed by atoms with Gasteiger partial charge < -0.3 is 52.4 Å². The molecule has 2 aliphatic heterocycles. The minimum atomic E-state index is -1.81. The number of pyridine rings is 8. The Labute approximate surface area is 721 Å². The fourth-order valence-corrected chi connectivity index (χ4v) is 14.9. The first-order valence-electron chi connectivity index (χ1n) is 41.1. The van der Waals surface area contributed by atoms with E-state index in [4.69, 9.17) is 68.9 Å². The number of hydrogen-bond acceptors (Lipinski definition) is 19. The molecule has 0 amide bonds. The molecule has 19 nitrogen and oxygen atoms in total. The third-order valence-corrected chi connectivity index (χ3v) is 31.5. The van der Waals surface area contributed by atoms with Crippen LogP contribution in [0.5, 0.6) is 23.0 Å². The first-order chi connectivity index (χ1) is 55.8. The molecule has 120 heavy (non-hydrogen) atoms. The third kappa shape index (κ3) is 28.2. The van der Waals surface area contributed by atoms with Gasteiger partial charge in [0.15, 0.2) is 22.9 Å². The first kappa shape index (κ1) is 97.9. The predicted molar refractivity (Wildman–Crippen MR) is 499 cm³/mol. The summed E-state index contributed by atoms with van der Waals surface area (Å²) in [6, 6.07) is 53.9. The molecule has 3 N–H and O–H groups in total. The predicted octanol–water partition coefficient (Wildman–Crippen LogP) is 23.7. The second-order valence-electron chi connectivity index (χ2n) is 34.2. The van der Waals surface area contributed by atoms with Crippen LogP contribution in [-0.2, 0) is 27.6 Å². The zero-order chi connectivity index (χ0) is 85.8. The number of fused-ring (bicyclic) bond motifs is 4. The third-order valence-electron chi connectivity index (χ3n) is 22.2. The fraction of sp³-hybridized carbons (Fsp3) is 0.423. The fourth-order valence-electron chi connectivity index (χ4n) is 11.9. The van der Waals surface area contributed by atoms with E-state index < -0.39 is 16.6 Å². The number of aryl methyl sites for hydroxylation is 4. The van der Waals surface area contributed by atoms with Crippen molar-refractivity contribution in [3.8, 4) is 56.8 Å². The summed E-state index contributed by atoms with van der Waals surface area (Å²) < 4.78 is 48.2. The van der Waals surface area contributed by atoms with Crippen LogP contribution in [0.15, 0.2) is 195 Å². The van der Waals surface area contributed by atoms with E-state index in [-0.39, 0.29) is 86.0 Å². The first-order valence-corrected chi connectivity index (χ1v) is 47.3. The smallest absolute Gasteiger partial charge is 0.496 e. The van der Waals surface area contributed by atoms with Gasteiger partial charge in [-0.15, -0.1) is 0 Å². The van der Waals surface area contributed by atoms with Crippen molar-refractivity contribution in [2.45, 2.75) is 243 Å². The average Bonchev–Trinajstić information content (AvgIpc) is 1.63. The Morgan fingerprint density at radius 1 is 0.467 bits per heavy atom. The van der Waals surface area contributed by atoms with E-state index in [1.54, 1.807) is 36.4 Å². The number of aromatic nitrogens is 8. The summed E-state index contributed by atoms with van der Waals surface area (Å²) in [5.74, 6) is 2.18. The molecular formula is C97H130BClN8O11Si2. The second-order valence-corrected chi connectivity index (χ2v) is 44.1. The molecule has 0 aliphatic carbocycles. The molecular weight excluding hydrogens is 1560 g/mol. The van der Waals surface area contributed by atoms with Gasteiger partial charge in [-0.2, -0.15) is 0 Å². The molecule has 14 rings (SSSR count). The molecule has 12 aromatic rings. The Kier molecular flexibility index (Phi) is 36.0. The molecule has 4 aromatic carbocycles. The molecule has 642 valence electrons. The normalized spacial score (nSPS) is 15.1. The summed E-state index contributed by atoms with van der Waals surface area (Å²) in [6.07, 6.45) is 13.4. The summed E-state index contributed by atoms with van der Waals surface area (Å²) >= 11 is 5.68. The lowest BCUT2D eigenvalue weighted by molar-refractivity contribution is -0.193. The van der Waals surface area contributed by atoms with E-state index in [1.807, 2.05) is 163 Å². The maximum absolute atomic E-state index is 9.41. The number of ether oxygens (including phenoxy) is 4. The SMILES string of the molecule is C.C.CC[C@H](CO)O[Si](C)(C)C(C)(C)C.CC[C@H](COc1ccc2nc(-c3ccc(C)nc3)ccc2c1)OC1CCCCO1.CC[C@H](COc1ccc2nc(-c3ccc(C)nc3)ccc2c1)O[Si](C)(C)C(C)(C)C.Cc1ccc(-c2ccc3cc(O)ccc3n2)cn1.Cc1ccc(B2OC(C)(C)C(C)(C)O2)cn1.Oc1ccc2nc(Cl)ccc2c1. The summed E-state index contributed by atoms with van der Waals surface area (Å²) in [4.78, 5) is 35.5. The van der Waals surface area contributed by atoms with Crippen LogP contribution in [-0.4, -0.2) is 141 Å². The number of benzene rings is 4. The number of aliphatic hydroxyl groups is 1. The molecule has 10 heterocycles. The highest BCUT2D eigenvalue weighted by molar-refractivity contribution is 6.74. The summed E-state index contributed by atoms with van der Waals surface area (Å²) in [6.45, 7) is 46.9. The highest BCUT2D eigenvalue weighted by Crippen LogP contribution is 2.40. The van der Waals surface area contributed by atoms with Gasteiger partial charge in [0, 0.05) is 97.9 Å². The number of phenolic OH excluding ortho intramolecular Hbond substituents is 2. The van der Waals surface area contributed by atoms with Crippen LogP contribution in [0.2, 0.25) is 41.4 Å². The summed E-state index contributed by atoms with van der Waals surface area (Å²) in [7, 11) is -3.79. The Bertz CT molecular complexity index is 5130. The van der Waals surface area contributed by atoms with Crippen molar-refractivity contribution >= 4 is 84.4 Å². The molecule has 2 aliphatic rings. The molecule has 1 unspecified atom stereocenters. The molecule has 4 atom stereocenters. The van der Waals surface area contributed by atoms with Gasteiger partial charge in [-0.3, -0.25) is 19.9 Å². The lowest BCUT2D eigenvalue weighted by Crippen LogP contribution is -2.45. The number of phenols is 2. The van der Waals surface area contributed by atoms with Crippen LogP contribution < -0.4 is 14.9 Å². The number of nitrogens with zero attached hydrogens (tertiary/aromatic N) is 8.